The van der Waals surface area contributed by atoms with Gasteiger partial charge in [-0.1, -0.05) is 6.42 Å². The fourth-order valence-corrected chi connectivity index (χ4v) is 3.62. The molecule has 2 fully saturated rings. The quantitative estimate of drug-likeness (QED) is 0.742. The van der Waals surface area contributed by atoms with Gasteiger partial charge in [-0.25, -0.2) is 0 Å². The summed E-state index contributed by atoms with van der Waals surface area (Å²) in [6.07, 6.45) is 3.85. The third-order valence-electron chi connectivity index (χ3n) is 4.01. The van der Waals surface area contributed by atoms with Crippen molar-refractivity contribution >= 4 is 16.1 Å². The van der Waals surface area contributed by atoms with E-state index in [9.17, 15) is 13.2 Å². The topological polar surface area (TPSA) is 60.9 Å². The molecule has 2 aliphatic rings. The number of nitrogens with zero attached hydrogens (tertiary/aromatic N) is 3. The number of hydrogen-bond donors (Lipinski definition) is 0. The second kappa shape index (κ2) is 5.76. The molecule has 0 unspecified atom stereocenters. The molecule has 1 amide bonds. The molecule has 7 heteroatoms. The number of hydrogen-bond acceptors (Lipinski definition) is 3. The molecule has 110 valence electrons. The van der Waals surface area contributed by atoms with Crippen molar-refractivity contribution < 1.29 is 13.2 Å². The first-order valence-electron chi connectivity index (χ1n) is 6.89. The zero-order chi connectivity index (χ0) is 14.0. The van der Waals surface area contributed by atoms with Crippen molar-refractivity contribution in [2.24, 2.45) is 5.92 Å². The van der Waals surface area contributed by atoms with E-state index in [1.165, 1.54) is 22.7 Å². The van der Waals surface area contributed by atoms with Gasteiger partial charge in [-0.05, 0) is 19.3 Å². The van der Waals surface area contributed by atoms with Crippen molar-refractivity contribution in [2.45, 2.75) is 25.7 Å². The van der Waals surface area contributed by atoms with E-state index in [0.717, 1.165) is 19.3 Å². The van der Waals surface area contributed by atoms with Crippen molar-refractivity contribution in [2.75, 3.05) is 40.3 Å². The Balaban J connectivity index is 1.96. The molecule has 0 aromatic rings. The van der Waals surface area contributed by atoms with Gasteiger partial charge in [0.05, 0.1) is 0 Å². The molecule has 6 nitrogen and oxygen atoms in total. The van der Waals surface area contributed by atoms with Gasteiger partial charge in [0, 0.05) is 46.2 Å². The van der Waals surface area contributed by atoms with Crippen LogP contribution in [0.15, 0.2) is 0 Å². The Morgan fingerprint density at radius 3 is 2.26 bits per heavy atom. The summed E-state index contributed by atoms with van der Waals surface area (Å²) in [5, 5.41) is 0. The lowest BCUT2D eigenvalue weighted by molar-refractivity contribution is -0.138. The van der Waals surface area contributed by atoms with E-state index in [4.69, 9.17) is 0 Å². The molecule has 1 heterocycles. The molecular weight excluding hydrogens is 266 g/mol. The molecule has 0 radical (unpaired) electrons. The van der Waals surface area contributed by atoms with Gasteiger partial charge < -0.3 is 4.90 Å². The predicted octanol–water partition coefficient (Wildman–Crippen LogP) is 0.127. The Morgan fingerprint density at radius 2 is 1.74 bits per heavy atom. The molecule has 1 aliphatic carbocycles. The van der Waals surface area contributed by atoms with Crippen LogP contribution in [0.5, 0.6) is 0 Å². The minimum atomic E-state index is -3.36. The lowest BCUT2D eigenvalue weighted by Crippen LogP contribution is -2.44. The summed E-state index contributed by atoms with van der Waals surface area (Å²) in [6, 6.07) is 0. The first kappa shape index (κ1) is 14.7. The summed E-state index contributed by atoms with van der Waals surface area (Å²) in [5.74, 6) is 0.410. The van der Waals surface area contributed by atoms with Gasteiger partial charge in [0.25, 0.3) is 10.2 Å². The van der Waals surface area contributed by atoms with Crippen LogP contribution in [0, 0.1) is 5.92 Å². The molecule has 19 heavy (non-hydrogen) atoms. The summed E-state index contributed by atoms with van der Waals surface area (Å²) in [5.41, 5.74) is 0. The van der Waals surface area contributed by atoms with E-state index in [-0.39, 0.29) is 11.8 Å². The van der Waals surface area contributed by atoms with E-state index in [2.05, 4.69) is 0 Å². The molecule has 1 saturated heterocycles. The van der Waals surface area contributed by atoms with E-state index in [1.807, 2.05) is 4.90 Å². The van der Waals surface area contributed by atoms with Gasteiger partial charge in [0.1, 0.15) is 0 Å². The molecule has 0 aromatic heterocycles. The standard InChI is InChI=1S/C12H23N3O3S/c1-13(2)19(17,18)15-8-4-7-14(9-10-15)12(16)11-5-3-6-11/h11H,3-10H2,1-2H3. The number of carbonyl (C=O) groups excluding carboxylic acids is 1. The highest BCUT2D eigenvalue weighted by atomic mass is 32.2. The first-order chi connectivity index (χ1) is 8.93. The highest BCUT2D eigenvalue weighted by Crippen LogP contribution is 2.28. The Hall–Kier alpha value is -0.660. The minimum Gasteiger partial charge on any atom is -0.341 e. The molecular formula is C12H23N3O3S. The van der Waals surface area contributed by atoms with Gasteiger partial charge in [0.15, 0.2) is 0 Å². The normalized spacial score (nSPS) is 23.2. The van der Waals surface area contributed by atoms with Crippen LogP contribution in [0.2, 0.25) is 0 Å². The van der Waals surface area contributed by atoms with Crippen molar-refractivity contribution in [3.63, 3.8) is 0 Å². The Labute approximate surface area is 115 Å². The molecule has 1 saturated carbocycles. The van der Waals surface area contributed by atoms with E-state index in [0.29, 0.717) is 32.6 Å². The second-order valence-corrected chi connectivity index (χ2v) is 7.64. The monoisotopic (exact) mass is 289 g/mol. The SMILES string of the molecule is CN(C)S(=O)(=O)N1CCCN(C(=O)C2CCC2)CC1. The fraction of sp³-hybridized carbons (Fsp3) is 0.917. The minimum absolute atomic E-state index is 0.192. The van der Waals surface area contributed by atoms with Crippen LogP contribution >= 0.6 is 0 Å². The second-order valence-electron chi connectivity index (χ2n) is 5.50. The maximum atomic E-state index is 12.2. The van der Waals surface area contributed by atoms with Crippen LogP contribution in [0.3, 0.4) is 0 Å². The molecule has 0 N–H and O–H groups in total. The van der Waals surface area contributed by atoms with Crippen LogP contribution in [0.1, 0.15) is 25.7 Å². The van der Waals surface area contributed by atoms with Crippen LogP contribution in [-0.4, -0.2) is 68.1 Å². The predicted molar refractivity (Wildman–Crippen MR) is 72.7 cm³/mol. The smallest absolute Gasteiger partial charge is 0.281 e. The third-order valence-corrected chi connectivity index (χ3v) is 5.95. The van der Waals surface area contributed by atoms with Gasteiger partial charge in [-0.2, -0.15) is 17.0 Å². The molecule has 0 aromatic carbocycles. The maximum absolute atomic E-state index is 12.2. The van der Waals surface area contributed by atoms with Crippen LogP contribution < -0.4 is 0 Å². The number of carbonyl (C=O) groups is 1. The number of rotatable bonds is 3. The zero-order valence-electron chi connectivity index (χ0n) is 11.7. The summed E-state index contributed by atoms with van der Waals surface area (Å²) in [7, 11) is -0.277. The highest BCUT2D eigenvalue weighted by Gasteiger charge is 2.32. The first-order valence-corrected chi connectivity index (χ1v) is 8.29. The van der Waals surface area contributed by atoms with E-state index >= 15 is 0 Å². The third kappa shape index (κ3) is 3.09. The molecule has 1 aliphatic heterocycles. The van der Waals surface area contributed by atoms with Crippen LogP contribution in [-0.2, 0) is 15.0 Å². The average molecular weight is 289 g/mol. The zero-order valence-corrected chi connectivity index (χ0v) is 12.5. The fourth-order valence-electron chi connectivity index (χ4n) is 2.49. The summed E-state index contributed by atoms with van der Waals surface area (Å²) in [4.78, 5) is 14.0. The van der Waals surface area contributed by atoms with Crippen molar-refractivity contribution in [3.05, 3.63) is 0 Å². The molecule has 0 atom stereocenters. The van der Waals surface area contributed by atoms with Crippen molar-refractivity contribution in [3.8, 4) is 0 Å². The Morgan fingerprint density at radius 1 is 1.05 bits per heavy atom. The van der Waals surface area contributed by atoms with E-state index < -0.39 is 10.2 Å². The van der Waals surface area contributed by atoms with Crippen molar-refractivity contribution in [1.29, 1.82) is 0 Å². The number of amides is 1. The lowest BCUT2D eigenvalue weighted by atomic mass is 9.84. The van der Waals surface area contributed by atoms with Gasteiger partial charge >= 0.3 is 0 Å². The Kier molecular flexibility index (Phi) is 4.47. The van der Waals surface area contributed by atoms with Crippen LogP contribution in [0.4, 0.5) is 0 Å². The van der Waals surface area contributed by atoms with Gasteiger partial charge in [0.2, 0.25) is 5.91 Å². The highest BCUT2D eigenvalue weighted by molar-refractivity contribution is 7.86. The van der Waals surface area contributed by atoms with Crippen LogP contribution in [0.25, 0.3) is 0 Å². The average Bonchev–Trinajstić information content (AvgIpc) is 2.51. The van der Waals surface area contributed by atoms with Gasteiger partial charge in [-0.15, -0.1) is 0 Å². The van der Waals surface area contributed by atoms with Crippen molar-refractivity contribution in [1.82, 2.24) is 13.5 Å². The Bertz CT molecular complexity index is 432. The summed E-state index contributed by atoms with van der Waals surface area (Å²) in [6.45, 7) is 2.09. The molecule has 2 rings (SSSR count). The van der Waals surface area contributed by atoms with Gasteiger partial charge in [-0.3, -0.25) is 4.79 Å². The maximum Gasteiger partial charge on any atom is 0.281 e. The summed E-state index contributed by atoms with van der Waals surface area (Å²) >= 11 is 0. The molecule has 0 spiro atoms. The largest absolute Gasteiger partial charge is 0.341 e. The molecule has 0 bridgehead atoms. The lowest BCUT2D eigenvalue weighted by Gasteiger charge is -2.31. The summed E-state index contributed by atoms with van der Waals surface area (Å²) < 4.78 is 26.8. The van der Waals surface area contributed by atoms with E-state index in [1.54, 1.807) is 0 Å².